The highest BCUT2D eigenvalue weighted by Gasteiger charge is 2.21. The van der Waals surface area contributed by atoms with Crippen LogP contribution in [0.2, 0.25) is 0 Å². The third-order valence-electron chi connectivity index (χ3n) is 8.63. The van der Waals surface area contributed by atoms with Crippen molar-refractivity contribution in [1.29, 1.82) is 0 Å². The number of allylic oxidation sites excluding steroid dienone is 4. The molecule has 0 saturated carbocycles. The summed E-state index contributed by atoms with van der Waals surface area (Å²) in [4.78, 5) is 0. The SMILES string of the molecule is CC(C)(C)c1ccc2c(-c3cccc(-c4ccccc4)c3)c3ccccc3c(-c3cccc(C4=CCCC=C4)c3)c2c1. The molecule has 0 radical (unpaired) electrons. The highest BCUT2D eigenvalue weighted by molar-refractivity contribution is 6.21. The minimum absolute atomic E-state index is 0.0457. The first-order chi connectivity index (χ1) is 20.5. The Morgan fingerprint density at radius 1 is 0.452 bits per heavy atom. The van der Waals surface area contributed by atoms with Crippen LogP contribution in [-0.4, -0.2) is 0 Å². The second-order valence-electron chi connectivity index (χ2n) is 12.5. The van der Waals surface area contributed by atoms with Crippen molar-refractivity contribution >= 4 is 27.1 Å². The van der Waals surface area contributed by atoms with Gasteiger partial charge in [-0.15, -0.1) is 0 Å². The molecule has 1 aliphatic rings. The fraction of sp³-hybridized carbons (Fsp3) is 0.143. The van der Waals surface area contributed by atoms with E-state index >= 15 is 0 Å². The lowest BCUT2D eigenvalue weighted by Gasteiger charge is -2.23. The normalized spacial score (nSPS) is 13.5. The van der Waals surface area contributed by atoms with E-state index in [1.807, 2.05) is 0 Å². The monoisotopic (exact) mass is 540 g/mol. The third kappa shape index (κ3) is 4.78. The van der Waals surface area contributed by atoms with Crippen LogP contribution >= 0.6 is 0 Å². The molecule has 0 atom stereocenters. The van der Waals surface area contributed by atoms with Gasteiger partial charge in [0, 0.05) is 0 Å². The Morgan fingerprint density at radius 2 is 1.02 bits per heavy atom. The molecule has 204 valence electrons. The predicted octanol–water partition coefficient (Wildman–Crippen LogP) is 12.0. The largest absolute Gasteiger partial charge is 0.0836 e. The Balaban J connectivity index is 1.55. The maximum Gasteiger partial charge on any atom is -0.00261 e. The van der Waals surface area contributed by atoms with Crippen molar-refractivity contribution in [3.8, 4) is 33.4 Å². The van der Waals surface area contributed by atoms with Crippen molar-refractivity contribution in [2.24, 2.45) is 0 Å². The van der Waals surface area contributed by atoms with Crippen LogP contribution in [0.3, 0.4) is 0 Å². The molecule has 0 fully saturated rings. The molecule has 0 N–H and O–H groups in total. The highest BCUT2D eigenvalue weighted by Crippen LogP contribution is 2.45. The zero-order chi connectivity index (χ0) is 28.7. The van der Waals surface area contributed by atoms with Crippen LogP contribution in [-0.2, 0) is 5.41 Å². The fourth-order valence-electron chi connectivity index (χ4n) is 6.43. The maximum absolute atomic E-state index is 2.45. The summed E-state index contributed by atoms with van der Waals surface area (Å²) >= 11 is 0. The smallest absolute Gasteiger partial charge is 0.00261 e. The van der Waals surface area contributed by atoms with E-state index in [1.54, 1.807) is 0 Å². The minimum atomic E-state index is 0.0457. The van der Waals surface area contributed by atoms with Crippen LogP contribution in [0.25, 0.3) is 60.5 Å². The van der Waals surface area contributed by atoms with Crippen molar-refractivity contribution in [2.75, 3.05) is 0 Å². The van der Waals surface area contributed by atoms with E-state index in [4.69, 9.17) is 0 Å². The van der Waals surface area contributed by atoms with E-state index in [-0.39, 0.29) is 5.41 Å². The molecule has 0 heterocycles. The van der Waals surface area contributed by atoms with Gasteiger partial charge in [0.05, 0.1) is 0 Å². The summed E-state index contributed by atoms with van der Waals surface area (Å²) in [6.07, 6.45) is 9.17. The Labute approximate surface area is 249 Å². The number of fused-ring (bicyclic) bond motifs is 2. The van der Waals surface area contributed by atoms with Gasteiger partial charge in [0.15, 0.2) is 0 Å². The first-order valence-electron chi connectivity index (χ1n) is 15.1. The molecule has 6 aromatic rings. The molecule has 0 amide bonds. The van der Waals surface area contributed by atoms with Crippen molar-refractivity contribution in [2.45, 2.75) is 39.0 Å². The molecule has 7 rings (SSSR count). The van der Waals surface area contributed by atoms with Gasteiger partial charge in [-0.1, -0.05) is 142 Å². The van der Waals surface area contributed by atoms with Gasteiger partial charge in [-0.05, 0) is 108 Å². The molecule has 0 spiro atoms. The molecule has 0 nitrogen and oxygen atoms in total. The van der Waals surface area contributed by atoms with Crippen LogP contribution in [0.4, 0.5) is 0 Å². The molecule has 0 aliphatic heterocycles. The van der Waals surface area contributed by atoms with E-state index < -0.39 is 0 Å². The van der Waals surface area contributed by atoms with Crippen molar-refractivity contribution < 1.29 is 0 Å². The van der Waals surface area contributed by atoms with E-state index in [0.29, 0.717) is 0 Å². The van der Waals surface area contributed by atoms with E-state index in [0.717, 1.165) is 12.8 Å². The number of benzene rings is 6. The second-order valence-corrected chi connectivity index (χ2v) is 12.5. The van der Waals surface area contributed by atoms with Gasteiger partial charge in [-0.3, -0.25) is 0 Å². The number of rotatable bonds is 4. The van der Waals surface area contributed by atoms with Crippen LogP contribution in [0, 0.1) is 0 Å². The summed E-state index contributed by atoms with van der Waals surface area (Å²) in [6, 6.07) is 45.0. The van der Waals surface area contributed by atoms with E-state index in [1.165, 1.54) is 71.6 Å². The molecule has 0 heteroatoms. The van der Waals surface area contributed by atoms with Crippen molar-refractivity contribution in [3.63, 3.8) is 0 Å². The predicted molar refractivity (Wildman–Crippen MR) is 183 cm³/mol. The van der Waals surface area contributed by atoms with E-state index in [9.17, 15) is 0 Å². The highest BCUT2D eigenvalue weighted by atomic mass is 14.2. The zero-order valence-corrected chi connectivity index (χ0v) is 24.7. The zero-order valence-electron chi connectivity index (χ0n) is 24.7. The second kappa shape index (κ2) is 10.6. The Hall–Kier alpha value is -4.68. The molecule has 0 saturated heterocycles. The van der Waals surface area contributed by atoms with Crippen LogP contribution in [0.1, 0.15) is 44.7 Å². The van der Waals surface area contributed by atoms with Gasteiger partial charge < -0.3 is 0 Å². The van der Waals surface area contributed by atoms with Crippen molar-refractivity contribution in [1.82, 2.24) is 0 Å². The van der Waals surface area contributed by atoms with Crippen LogP contribution in [0.5, 0.6) is 0 Å². The first-order valence-corrected chi connectivity index (χ1v) is 15.1. The summed E-state index contributed by atoms with van der Waals surface area (Å²) in [5, 5.41) is 5.19. The maximum atomic E-state index is 2.45. The quantitative estimate of drug-likeness (QED) is 0.195. The van der Waals surface area contributed by atoms with Crippen molar-refractivity contribution in [3.05, 3.63) is 151 Å². The molecule has 0 unspecified atom stereocenters. The molecule has 1 aliphatic carbocycles. The molecule has 0 bridgehead atoms. The van der Waals surface area contributed by atoms with Gasteiger partial charge >= 0.3 is 0 Å². The number of hydrogen-bond donors (Lipinski definition) is 0. The molecular formula is C42H36. The summed E-state index contributed by atoms with van der Waals surface area (Å²) in [5.74, 6) is 0. The standard InChI is InChI=1S/C42H36/c1-42(2,3)35-24-25-38-39(28-35)41(34-21-13-19-32(27-34)30-16-8-5-9-17-30)37-23-11-10-22-36(37)40(38)33-20-12-18-31(26-33)29-14-6-4-7-15-29/h4,6-8,10-28H,5,9H2,1-3H3. The molecule has 6 aromatic carbocycles. The molecule has 42 heavy (non-hydrogen) atoms. The topological polar surface area (TPSA) is 0 Å². The van der Waals surface area contributed by atoms with Gasteiger partial charge in [-0.2, -0.15) is 0 Å². The molecule has 0 aromatic heterocycles. The van der Waals surface area contributed by atoms with Crippen LogP contribution < -0.4 is 0 Å². The average molecular weight is 541 g/mol. The van der Waals surface area contributed by atoms with E-state index in [2.05, 4.69) is 160 Å². The lowest BCUT2D eigenvalue weighted by Crippen LogP contribution is -2.10. The Kier molecular flexibility index (Phi) is 6.63. The summed E-state index contributed by atoms with van der Waals surface area (Å²) in [7, 11) is 0. The van der Waals surface area contributed by atoms with Gasteiger partial charge in [0.2, 0.25) is 0 Å². The lowest BCUT2D eigenvalue weighted by atomic mass is 9.81. The first kappa shape index (κ1) is 26.2. The summed E-state index contributed by atoms with van der Waals surface area (Å²) in [5.41, 5.74) is 11.6. The van der Waals surface area contributed by atoms with Gasteiger partial charge in [-0.25, -0.2) is 0 Å². The Bertz CT molecular complexity index is 1990. The average Bonchev–Trinajstić information content (AvgIpc) is 3.04. The lowest BCUT2D eigenvalue weighted by molar-refractivity contribution is 0.591. The summed E-state index contributed by atoms with van der Waals surface area (Å²) in [6.45, 7) is 6.92. The van der Waals surface area contributed by atoms with Crippen LogP contribution in [0.15, 0.2) is 140 Å². The summed E-state index contributed by atoms with van der Waals surface area (Å²) < 4.78 is 0. The Morgan fingerprint density at radius 3 is 1.69 bits per heavy atom. The molecular weight excluding hydrogens is 504 g/mol. The van der Waals surface area contributed by atoms with Gasteiger partial charge in [0.25, 0.3) is 0 Å². The minimum Gasteiger partial charge on any atom is -0.0836 e. The third-order valence-corrected chi connectivity index (χ3v) is 8.63. The van der Waals surface area contributed by atoms with Gasteiger partial charge in [0.1, 0.15) is 0 Å². The fourth-order valence-corrected chi connectivity index (χ4v) is 6.43. The number of hydrogen-bond acceptors (Lipinski definition) is 0.